The monoisotopic (exact) mass is 635 g/mol. The SMILES string of the molecule is Cc1cc(C(=O)N2CCC[C@@H]2OC(N)=O)ccc1CCS(=O)(=O)N1CCC2(CC1)N=C(c1cccc(C(F)(F)F)c1)NC2=O. The van der Waals surface area contributed by atoms with E-state index >= 15 is 0 Å². The predicted octanol–water partition coefficient (Wildman–Crippen LogP) is 2.95. The lowest BCUT2D eigenvalue weighted by Crippen LogP contribution is -2.50. The molecule has 0 bridgehead atoms. The van der Waals surface area contributed by atoms with Crippen LogP contribution in [-0.2, 0) is 32.2 Å². The molecule has 0 unspecified atom stereocenters. The van der Waals surface area contributed by atoms with Crippen molar-refractivity contribution in [1.82, 2.24) is 14.5 Å². The lowest BCUT2D eigenvalue weighted by atomic mass is 9.89. The Labute approximate surface area is 252 Å². The highest BCUT2D eigenvalue weighted by Crippen LogP contribution is 2.34. The van der Waals surface area contributed by atoms with Gasteiger partial charge in [-0.1, -0.05) is 18.2 Å². The number of nitrogens with two attached hydrogens (primary N) is 1. The van der Waals surface area contributed by atoms with Crippen LogP contribution >= 0.6 is 0 Å². The molecule has 0 aliphatic carbocycles. The largest absolute Gasteiger partial charge is 0.425 e. The number of halogens is 3. The van der Waals surface area contributed by atoms with Crippen molar-refractivity contribution in [3.8, 4) is 0 Å². The zero-order valence-electron chi connectivity index (χ0n) is 23.9. The van der Waals surface area contributed by atoms with E-state index in [1.807, 2.05) is 0 Å². The van der Waals surface area contributed by atoms with Gasteiger partial charge in [-0.05, 0) is 68.0 Å². The van der Waals surface area contributed by atoms with Gasteiger partial charge in [-0.15, -0.1) is 0 Å². The number of piperidine rings is 1. The van der Waals surface area contributed by atoms with Crippen molar-refractivity contribution in [2.45, 2.75) is 57.0 Å². The second-order valence-electron chi connectivity index (χ2n) is 11.2. The normalized spacial score (nSPS) is 20.5. The number of rotatable bonds is 7. The Morgan fingerprint density at radius 2 is 1.86 bits per heavy atom. The Kier molecular flexibility index (Phi) is 8.46. The van der Waals surface area contributed by atoms with Crippen LogP contribution < -0.4 is 11.1 Å². The molecule has 3 N–H and O–H groups in total. The van der Waals surface area contributed by atoms with Gasteiger partial charge in [0.15, 0.2) is 6.23 Å². The molecule has 2 aromatic carbocycles. The summed E-state index contributed by atoms with van der Waals surface area (Å²) in [6.07, 6.45) is -4.68. The molecule has 3 heterocycles. The number of amides is 3. The van der Waals surface area contributed by atoms with Crippen molar-refractivity contribution in [2.75, 3.05) is 25.4 Å². The number of hydrogen-bond donors (Lipinski definition) is 2. The lowest BCUT2D eigenvalue weighted by molar-refractivity contribution is -0.137. The van der Waals surface area contributed by atoms with Crippen LogP contribution in [0.4, 0.5) is 18.0 Å². The van der Waals surface area contributed by atoms with Gasteiger partial charge in [0.2, 0.25) is 10.0 Å². The first kappa shape index (κ1) is 31.4. The summed E-state index contributed by atoms with van der Waals surface area (Å²) in [4.78, 5) is 43.0. The van der Waals surface area contributed by atoms with Crippen LogP contribution in [0.3, 0.4) is 0 Å². The molecule has 0 saturated carbocycles. The first-order valence-corrected chi connectivity index (χ1v) is 15.7. The van der Waals surface area contributed by atoms with Gasteiger partial charge in [0.05, 0.1) is 11.3 Å². The number of likely N-dealkylation sites (tertiary alicyclic amines) is 1. The van der Waals surface area contributed by atoms with Gasteiger partial charge in [0.1, 0.15) is 11.4 Å². The minimum atomic E-state index is -4.55. The fourth-order valence-corrected chi connectivity index (χ4v) is 7.31. The van der Waals surface area contributed by atoms with E-state index in [2.05, 4.69) is 10.3 Å². The van der Waals surface area contributed by atoms with E-state index < -0.39 is 45.5 Å². The minimum absolute atomic E-state index is 0.0337. The Balaban J connectivity index is 1.20. The average molecular weight is 636 g/mol. The van der Waals surface area contributed by atoms with Crippen molar-refractivity contribution in [2.24, 2.45) is 10.7 Å². The molecular formula is C29H32F3N5O6S. The Morgan fingerprint density at radius 3 is 2.52 bits per heavy atom. The van der Waals surface area contributed by atoms with Crippen LogP contribution in [0, 0.1) is 6.92 Å². The third kappa shape index (κ3) is 6.43. The van der Waals surface area contributed by atoms with Crippen LogP contribution in [0.2, 0.25) is 0 Å². The van der Waals surface area contributed by atoms with Crippen LogP contribution in [0.1, 0.15) is 58.3 Å². The molecule has 2 saturated heterocycles. The van der Waals surface area contributed by atoms with Crippen LogP contribution in [0.15, 0.2) is 47.5 Å². The zero-order chi connectivity index (χ0) is 31.9. The molecule has 15 heteroatoms. The number of amidine groups is 1. The molecule has 3 aliphatic rings. The summed E-state index contributed by atoms with van der Waals surface area (Å²) >= 11 is 0. The van der Waals surface area contributed by atoms with E-state index in [1.165, 1.54) is 21.3 Å². The summed E-state index contributed by atoms with van der Waals surface area (Å²) in [5.74, 6) is -0.933. The number of benzene rings is 2. The maximum atomic E-state index is 13.2. The number of nitrogens with zero attached hydrogens (tertiary/aromatic N) is 3. The summed E-state index contributed by atoms with van der Waals surface area (Å²) in [5.41, 5.74) is 5.00. The number of aryl methyl sites for hydroxylation is 2. The molecule has 5 rings (SSSR count). The Hall–Kier alpha value is -3.98. The highest BCUT2D eigenvalue weighted by molar-refractivity contribution is 7.89. The number of nitrogens with one attached hydrogen (secondary N) is 1. The molecule has 3 amide bonds. The maximum Gasteiger partial charge on any atom is 0.416 e. The molecule has 0 radical (unpaired) electrons. The smallest absolute Gasteiger partial charge is 0.416 e. The minimum Gasteiger partial charge on any atom is -0.425 e. The summed E-state index contributed by atoms with van der Waals surface area (Å²) in [5, 5.41) is 2.58. The van der Waals surface area contributed by atoms with Gasteiger partial charge in [-0.25, -0.2) is 17.5 Å². The molecule has 1 atom stereocenters. The highest BCUT2D eigenvalue weighted by Gasteiger charge is 2.47. The number of primary amides is 1. The number of hydrogen-bond acceptors (Lipinski definition) is 7. The number of ether oxygens (including phenoxy) is 1. The van der Waals surface area contributed by atoms with Gasteiger partial charge in [0.25, 0.3) is 11.8 Å². The fourth-order valence-electron chi connectivity index (χ4n) is 5.84. The second kappa shape index (κ2) is 11.8. The average Bonchev–Trinajstić information content (AvgIpc) is 3.55. The molecule has 3 aliphatic heterocycles. The molecule has 2 aromatic rings. The topological polar surface area (TPSA) is 151 Å². The maximum absolute atomic E-state index is 13.2. The summed E-state index contributed by atoms with van der Waals surface area (Å²) in [7, 11) is -3.72. The molecular weight excluding hydrogens is 603 g/mol. The Morgan fingerprint density at radius 1 is 1.14 bits per heavy atom. The van der Waals surface area contributed by atoms with Crippen LogP contribution in [-0.4, -0.2) is 78.5 Å². The van der Waals surface area contributed by atoms with E-state index in [-0.39, 0.29) is 55.4 Å². The number of carbonyl (C=O) groups excluding carboxylic acids is 3. The second-order valence-corrected chi connectivity index (χ2v) is 13.3. The molecule has 2 fully saturated rings. The van der Waals surface area contributed by atoms with Crippen molar-refractivity contribution in [3.63, 3.8) is 0 Å². The van der Waals surface area contributed by atoms with E-state index in [0.717, 1.165) is 23.3 Å². The number of sulfonamides is 1. The number of alkyl halides is 3. The third-order valence-corrected chi connectivity index (χ3v) is 10.2. The van der Waals surface area contributed by atoms with Crippen molar-refractivity contribution < 1.29 is 40.7 Å². The fraction of sp³-hybridized carbons (Fsp3) is 0.448. The Bertz CT molecular complexity index is 1620. The van der Waals surface area contributed by atoms with Gasteiger partial charge in [-0.3, -0.25) is 14.6 Å². The van der Waals surface area contributed by atoms with Gasteiger partial charge in [-0.2, -0.15) is 13.2 Å². The molecule has 44 heavy (non-hydrogen) atoms. The van der Waals surface area contributed by atoms with Gasteiger partial charge in [0, 0.05) is 37.2 Å². The molecule has 11 nitrogen and oxygen atoms in total. The first-order valence-electron chi connectivity index (χ1n) is 14.1. The highest BCUT2D eigenvalue weighted by atomic mass is 32.2. The summed E-state index contributed by atoms with van der Waals surface area (Å²) < 4.78 is 72.3. The zero-order valence-corrected chi connectivity index (χ0v) is 24.7. The van der Waals surface area contributed by atoms with Gasteiger partial charge >= 0.3 is 12.3 Å². The number of carbonyl (C=O) groups is 3. The molecule has 1 spiro atoms. The van der Waals surface area contributed by atoms with E-state index in [1.54, 1.807) is 25.1 Å². The predicted molar refractivity (Wildman–Crippen MR) is 153 cm³/mol. The van der Waals surface area contributed by atoms with Crippen molar-refractivity contribution >= 4 is 33.8 Å². The van der Waals surface area contributed by atoms with E-state index in [9.17, 15) is 36.0 Å². The summed E-state index contributed by atoms with van der Waals surface area (Å²) in [6, 6.07) is 9.51. The van der Waals surface area contributed by atoms with E-state index in [0.29, 0.717) is 24.9 Å². The van der Waals surface area contributed by atoms with Crippen molar-refractivity contribution in [3.05, 3.63) is 70.3 Å². The standard InChI is InChI=1S/C29H32F3N5O6S/c1-18-16-21(25(38)37-12-3-6-23(37)43-27(33)40)8-7-19(18)9-15-44(41,42)36-13-10-28(11-14-36)26(39)34-24(35-28)20-4-2-5-22(17-20)29(30,31)32/h2,4-5,7-8,16-17,23H,3,6,9-15H2,1H3,(H2,33,40)(H,34,35,39)/t23-/m0/s1. The van der Waals surface area contributed by atoms with E-state index in [4.69, 9.17) is 10.5 Å². The summed E-state index contributed by atoms with van der Waals surface area (Å²) in [6.45, 7) is 2.27. The third-order valence-electron chi connectivity index (χ3n) is 8.32. The van der Waals surface area contributed by atoms with Crippen molar-refractivity contribution in [1.29, 1.82) is 0 Å². The van der Waals surface area contributed by atoms with Crippen LogP contribution in [0.25, 0.3) is 0 Å². The van der Waals surface area contributed by atoms with Crippen LogP contribution in [0.5, 0.6) is 0 Å². The first-order chi connectivity index (χ1) is 20.7. The number of aliphatic imine (C=N–C) groups is 1. The van der Waals surface area contributed by atoms with Gasteiger partial charge < -0.3 is 20.7 Å². The molecule has 236 valence electrons. The lowest BCUT2D eigenvalue weighted by Gasteiger charge is -2.34. The quantitative estimate of drug-likeness (QED) is 0.478. The molecule has 0 aromatic heterocycles.